The van der Waals surface area contributed by atoms with Crippen LogP contribution in [0.3, 0.4) is 0 Å². The van der Waals surface area contributed by atoms with Crippen molar-refractivity contribution in [3.63, 3.8) is 0 Å². The minimum atomic E-state index is -0.215. The molecule has 1 atom stereocenters. The summed E-state index contributed by atoms with van der Waals surface area (Å²) in [6.07, 6.45) is 0.677. The Bertz CT molecular complexity index is 997. The molecule has 3 aromatic rings. The second-order valence-electron chi connectivity index (χ2n) is 6.11. The van der Waals surface area contributed by atoms with Gasteiger partial charge in [-0.2, -0.15) is 0 Å². The lowest BCUT2D eigenvalue weighted by molar-refractivity contribution is 0.102. The van der Waals surface area contributed by atoms with Crippen molar-refractivity contribution >= 4 is 50.6 Å². The standard InChI is InChI=1S/C18H19ClN4O3S/c1-3-11(7-24)21-18-22-15(9-4-10(19)6-12(26)5-9)13-14(20)16(8(2)25)27-17(13)23-18/h4-6,11,24,26H,3,7,20H2,1-2H3,(H,21,22,23)/t11-/m1/s1. The molecule has 5 N–H and O–H groups in total. The number of anilines is 2. The summed E-state index contributed by atoms with van der Waals surface area (Å²) >= 11 is 7.26. The van der Waals surface area contributed by atoms with Gasteiger partial charge >= 0.3 is 0 Å². The molecule has 0 spiro atoms. The Hall–Kier alpha value is -2.42. The third-order valence-electron chi connectivity index (χ3n) is 4.11. The number of aromatic hydroxyl groups is 1. The number of phenols is 1. The normalized spacial score (nSPS) is 12.3. The summed E-state index contributed by atoms with van der Waals surface area (Å²) in [6, 6.07) is 4.37. The van der Waals surface area contributed by atoms with E-state index in [0.29, 0.717) is 49.4 Å². The number of aliphatic hydroxyl groups excluding tert-OH is 1. The zero-order chi connectivity index (χ0) is 19.7. The molecular weight excluding hydrogens is 388 g/mol. The highest BCUT2D eigenvalue weighted by Crippen LogP contribution is 2.40. The molecule has 1 aromatic carbocycles. The van der Waals surface area contributed by atoms with Gasteiger partial charge in [0.1, 0.15) is 10.6 Å². The molecule has 0 aliphatic rings. The van der Waals surface area contributed by atoms with Crippen molar-refractivity contribution in [2.24, 2.45) is 0 Å². The zero-order valence-electron chi connectivity index (χ0n) is 14.8. The molecule has 2 aromatic heterocycles. The predicted molar refractivity (Wildman–Crippen MR) is 109 cm³/mol. The summed E-state index contributed by atoms with van der Waals surface area (Å²) in [5.41, 5.74) is 7.52. The molecule has 0 fully saturated rings. The Morgan fingerprint density at radius 1 is 1.37 bits per heavy atom. The van der Waals surface area contributed by atoms with Crippen LogP contribution in [0, 0.1) is 0 Å². The van der Waals surface area contributed by atoms with Crippen molar-refractivity contribution in [1.82, 2.24) is 9.97 Å². The number of nitrogens with two attached hydrogens (primary N) is 1. The van der Waals surface area contributed by atoms with E-state index in [-0.39, 0.29) is 24.2 Å². The highest BCUT2D eigenvalue weighted by molar-refractivity contribution is 7.21. The number of nitrogens with one attached hydrogen (secondary N) is 1. The van der Waals surface area contributed by atoms with Crippen molar-refractivity contribution in [2.75, 3.05) is 17.7 Å². The minimum Gasteiger partial charge on any atom is -0.508 e. The molecule has 0 bridgehead atoms. The minimum absolute atomic E-state index is 0.0128. The zero-order valence-corrected chi connectivity index (χ0v) is 16.4. The van der Waals surface area contributed by atoms with Gasteiger partial charge in [-0.1, -0.05) is 18.5 Å². The Balaban J connectivity index is 2.28. The fourth-order valence-corrected chi connectivity index (χ4v) is 3.95. The van der Waals surface area contributed by atoms with Crippen molar-refractivity contribution in [2.45, 2.75) is 26.3 Å². The van der Waals surface area contributed by atoms with E-state index < -0.39 is 0 Å². The Kier molecular flexibility index (Phi) is 5.50. The number of carbonyl (C=O) groups excluding carboxylic acids is 1. The number of rotatable bonds is 6. The maximum atomic E-state index is 11.9. The predicted octanol–water partition coefficient (Wildman–Crippen LogP) is 3.68. The summed E-state index contributed by atoms with van der Waals surface area (Å²) in [5, 5.41) is 23.3. The lowest BCUT2D eigenvalue weighted by Gasteiger charge is -2.15. The smallest absolute Gasteiger partial charge is 0.224 e. The number of benzene rings is 1. The number of hydrogen-bond acceptors (Lipinski definition) is 8. The third kappa shape index (κ3) is 3.83. The number of fused-ring (bicyclic) bond motifs is 1. The average molecular weight is 407 g/mol. The number of nitrogens with zero attached hydrogens (tertiary/aromatic N) is 2. The van der Waals surface area contributed by atoms with Gasteiger partial charge < -0.3 is 21.3 Å². The van der Waals surface area contributed by atoms with E-state index >= 15 is 0 Å². The molecule has 27 heavy (non-hydrogen) atoms. The first kappa shape index (κ1) is 19.3. The summed E-state index contributed by atoms with van der Waals surface area (Å²) < 4.78 is 0. The fraction of sp³-hybridized carbons (Fsp3) is 0.278. The molecule has 0 saturated carbocycles. The number of nitrogen functional groups attached to an aromatic ring is 1. The lowest BCUT2D eigenvalue weighted by Crippen LogP contribution is -2.24. The van der Waals surface area contributed by atoms with Gasteiger partial charge in [0.2, 0.25) is 5.95 Å². The van der Waals surface area contributed by atoms with Crippen molar-refractivity contribution in [3.05, 3.63) is 28.1 Å². The van der Waals surface area contributed by atoms with Gasteiger partial charge in [-0.25, -0.2) is 9.97 Å². The quantitative estimate of drug-likeness (QED) is 0.460. The van der Waals surface area contributed by atoms with E-state index in [9.17, 15) is 15.0 Å². The number of hydrogen-bond donors (Lipinski definition) is 4. The number of phenolic OH excluding ortho intramolecular Hbond substituents is 1. The van der Waals surface area contributed by atoms with Gasteiger partial charge in [0.15, 0.2) is 5.78 Å². The highest BCUT2D eigenvalue weighted by atomic mass is 35.5. The number of carbonyl (C=O) groups is 1. The lowest BCUT2D eigenvalue weighted by atomic mass is 10.1. The molecule has 3 rings (SSSR count). The number of halogens is 1. The first-order valence-electron chi connectivity index (χ1n) is 8.32. The fourth-order valence-electron chi connectivity index (χ4n) is 2.73. The summed E-state index contributed by atoms with van der Waals surface area (Å²) in [4.78, 5) is 21.9. The first-order chi connectivity index (χ1) is 12.8. The van der Waals surface area contributed by atoms with E-state index in [4.69, 9.17) is 17.3 Å². The molecule has 0 radical (unpaired) electrons. The van der Waals surface area contributed by atoms with E-state index in [0.717, 1.165) is 0 Å². The maximum absolute atomic E-state index is 11.9. The van der Waals surface area contributed by atoms with E-state index in [2.05, 4.69) is 15.3 Å². The van der Waals surface area contributed by atoms with Crippen LogP contribution >= 0.6 is 22.9 Å². The molecule has 0 aliphatic heterocycles. The SMILES string of the molecule is CC[C@H](CO)Nc1nc(-c2cc(O)cc(Cl)c2)c2c(N)c(C(C)=O)sc2n1. The number of thiophene rings is 1. The molecular formula is C18H19ClN4O3S. The van der Waals surface area contributed by atoms with Crippen molar-refractivity contribution in [3.8, 4) is 17.0 Å². The molecule has 7 nitrogen and oxygen atoms in total. The van der Waals surface area contributed by atoms with Gasteiger partial charge in [0.05, 0.1) is 34.3 Å². The third-order valence-corrected chi connectivity index (χ3v) is 5.53. The van der Waals surface area contributed by atoms with Crippen LogP contribution < -0.4 is 11.1 Å². The van der Waals surface area contributed by atoms with E-state index in [1.54, 1.807) is 6.07 Å². The summed E-state index contributed by atoms with van der Waals surface area (Å²) in [7, 11) is 0. The molecule has 0 amide bonds. The maximum Gasteiger partial charge on any atom is 0.224 e. The van der Waals surface area contributed by atoms with Crippen LogP contribution in [-0.4, -0.2) is 38.6 Å². The van der Waals surface area contributed by atoms with Gasteiger partial charge in [-0.05, 0) is 24.6 Å². The second kappa shape index (κ2) is 7.67. The van der Waals surface area contributed by atoms with Crippen LogP contribution in [0.2, 0.25) is 5.02 Å². The number of aliphatic hydroxyl groups is 1. The van der Waals surface area contributed by atoms with Crippen LogP contribution in [0.5, 0.6) is 5.75 Å². The first-order valence-corrected chi connectivity index (χ1v) is 9.51. The number of aromatic nitrogens is 2. The van der Waals surface area contributed by atoms with Gasteiger partial charge in [-0.3, -0.25) is 4.79 Å². The number of ketones is 1. The molecule has 9 heteroatoms. The van der Waals surface area contributed by atoms with Crippen LogP contribution in [-0.2, 0) is 0 Å². The van der Waals surface area contributed by atoms with Crippen LogP contribution in [0.1, 0.15) is 29.9 Å². The highest BCUT2D eigenvalue weighted by Gasteiger charge is 2.21. The summed E-state index contributed by atoms with van der Waals surface area (Å²) in [5.74, 6) is 0.127. The summed E-state index contributed by atoms with van der Waals surface area (Å²) in [6.45, 7) is 3.30. The topological polar surface area (TPSA) is 121 Å². The molecule has 142 valence electrons. The molecule has 2 heterocycles. The van der Waals surface area contributed by atoms with Gasteiger partial charge in [0.25, 0.3) is 0 Å². The van der Waals surface area contributed by atoms with Gasteiger partial charge in [0, 0.05) is 17.5 Å². The molecule has 0 unspecified atom stereocenters. The van der Waals surface area contributed by atoms with Crippen molar-refractivity contribution < 1.29 is 15.0 Å². The Morgan fingerprint density at radius 3 is 2.70 bits per heavy atom. The average Bonchev–Trinajstić information content (AvgIpc) is 2.95. The monoisotopic (exact) mass is 406 g/mol. The van der Waals surface area contributed by atoms with E-state index in [1.165, 1.54) is 30.4 Å². The van der Waals surface area contributed by atoms with Crippen molar-refractivity contribution in [1.29, 1.82) is 0 Å². The van der Waals surface area contributed by atoms with Crippen LogP contribution in [0.25, 0.3) is 21.5 Å². The second-order valence-corrected chi connectivity index (χ2v) is 7.54. The van der Waals surface area contributed by atoms with E-state index in [1.807, 2.05) is 6.92 Å². The molecule has 0 saturated heterocycles. The Labute approximate surface area is 164 Å². The van der Waals surface area contributed by atoms with Gasteiger partial charge in [-0.15, -0.1) is 11.3 Å². The van der Waals surface area contributed by atoms with Crippen LogP contribution in [0.4, 0.5) is 11.6 Å². The largest absolute Gasteiger partial charge is 0.508 e. The Morgan fingerprint density at radius 2 is 2.11 bits per heavy atom. The number of Topliss-reactive ketones (excluding diaryl/α,β-unsaturated/α-hetero) is 1. The molecule has 0 aliphatic carbocycles. The van der Waals surface area contributed by atoms with Crippen LogP contribution in [0.15, 0.2) is 18.2 Å².